The first-order chi connectivity index (χ1) is 7.75. The lowest BCUT2D eigenvalue weighted by Gasteiger charge is -2.18. The second-order valence-electron chi connectivity index (χ2n) is 4.62. The van der Waals surface area contributed by atoms with Gasteiger partial charge in [-0.05, 0) is 40.0 Å². The molecule has 1 N–H and O–H groups in total. The van der Waals surface area contributed by atoms with Crippen LogP contribution in [0.15, 0.2) is 4.52 Å². The summed E-state index contributed by atoms with van der Waals surface area (Å²) in [6.07, 6.45) is 3.07. The van der Waals surface area contributed by atoms with Crippen molar-refractivity contribution in [2.75, 3.05) is 33.7 Å². The fraction of sp³-hybridized carbons (Fsp3) is 0.818. The number of rotatable bonds is 4. The van der Waals surface area contributed by atoms with E-state index in [1.807, 2.05) is 14.1 Å². The zero-order chi connectivity index (χ0) is 11.4. The second-order valence-corrected chi connectivity index (χ2v) is 4.62. The smallest absolute Gasteiger partial charge is 0.227 e. The molecular weight excluding hydrogens is 204 g/mol. The highest BCUT2D eigenvalue weighted by molar-refractivity contribution is 4.97. The largest absolute Gasteiger partial charge is 0.339 e. The lowest BCUT2D eigenvalue weighted by Crippen LogP contribution is -2.27. The van der Waals surface area contributed by atoms with Gasteiger partial charge in [-0.3, -0.25) is 0 Å². The van der Waals surface area contributed by atoms with Crippen LogP contribution in [0.1, 0.15) is 30.5 Å². The Balaban J connectivity index is 1.90. The molecule has 90 valence electrons. The van der Waals surface area contributed by atoms with Gasteiger partial charge in [0.25, 0.3) is 0 Å². The van der Waals surface area contributed by atoms with Crippen LogP contribution in [0.2, 0.25) is 0 Å². The van der Waals surface area contributed by atoms with Crippen molar-refractivity contribution in [3.8, 4) is 0 Å². The molecule has 0 aromatic carbocycles. The monoisotopic (exact) mass is 224 g/mol. The minimum Gasteiger partial charge on any atom is -0.339 e. The Morgan fingerprint density at radius 3 is 2.81 bits per heavy atom. The van der Waals surface area contributed by atoms with E-state index in [2.05, 4.69) is 20.4 Å². The van der Waals surface area contributed by atoms with Crippen LogP contribution in [-0.4, -0.2) is 48.8 Å². The number of nitrogens with one attached hydrogen (secondary N) is 1. The SMILES string of the molecule is CN(C)CCc1nc(C2CCNCC2)no1. The zero-order valence-electron chi connectivity index (χ0n) is 10.1. The summed E-state index contributed by atoms with van der Waals surface area (Å²) in [5.41, 5.74) is 0. The molecule has 2 heterocycles. The molecule has 1 aromatic rings. The van der Waals surface area contributed by atoms with Crippen LogP contribution < -0.4 is 5.32 Å². The molecule has 0 amide bonds. The maximum Gasteiger partial charge on any atom is 0.227 e. The van der Waals surface area contributed by atoms with Crippen molar-refractivity contribution in [2.45, 2.75) is 25.2 Å². The first-order valence-electron chi connectivity index (χ1n) is 5.93. The number of aromatic nitrogens is 2. The lowest BCUT2D eigenvalue weighted by atomic mass is 9.98. The van der Waals surface area contributed by atoms with Crippen molar-refractivity contribution in [3.05, 3.63) is 11.7 Å². The average Bonchev–Trinajstić information content (AvgIpc) is 2.76. The van der Waals surface area contributed by atoms with Crippen molar-refractivity contribution in [1.29, 1.82) is 0 Å². The van der Waals surface area contributed by atoms with Crippen LogP contribution in [0.3, 0.4) is 0 Å². The second kappa shape index (κ2) is 5.41. The quantitative estimate of drug-likeness (QED) is 0.813. The minimum atomic E-state index is 0.484. The highest BCUT2D eigenvalue weighted by atomic mass is 16.5. The van der Waals surface area contributed by atoms with Gasteiger partial charge in [0, 0.05) is 18.9 Å². The van der Waals surface area contributed by atoms with E-state index in [1.165, 1.54) is 0 Å². The van der Waals surface area contributed by atoms with Gasteiger partial charge >= 0.3 is 0 Å². The molecule has 0 atom stereocenters. The summed E-state index contributed by atoms with van der Waals surface area (Å²) in [5, 5.41) is 7.42. The summed E-state index contributed by atoms with van der Waals surface area (Å²) >= 11 is 0. The third kappa shape index (κ3) is 3.02. The Morgan fingerprint density at radius 1 is 1.38 bits per heavy atom. The molecule has 0 radical (unpaired) electrons. The Bertz CT molecular complexity index is 318. The molecule has 1 saturated heterocycles. The molecule has 0 saturated carbocycles. The van der Waals surface area contributed by atoms with Gasteiger partial charge in [0.2, 0.25) is 5.89 Å². The molecular formula is C11H20N4O. The molecule has 1 aliphatic rings. The number of piperidine rings is 1. The molecule has 2 rings (SSSR count). The van der Waals surface area contributed by atoms with Crippen molar-refractivity contribution in [1.82, 2.24) is 20.4 Å². The van der Waals surface area contributed by atoms with E-state index in [-0.39, 0.29) is 0 Å². The summed E-state index contributed by atoms with van der Waals surface area (Å²) in [7, 11) is 4.09. The predicted molar refractivity (Wildman–Crippen MR) is 61.4 cm³/mol. The molecule has 1 aromatic heterocycles. The molecule has 16 heavy (non-hydrogen) atoms. The lowest BCUT2D eigenvalue weighted by molar-refractivity contribution is 0.337. The van der Waals surface area contributed by atoms with E-state index in [4.69, 9.17) is 4.52 Å². The summed E-state index contributed by atoms with van der Waals surface area (Å²) < 4.78 is 5.26. The molecule has 5 heteroatoms. The Morgan fingerprint density at radius 2 is 2.12 bits per heavy atom. The van der Waals surface area contributed by atoms with E-state index < -0.39 is 0 Å². The molecule has 1 aliphatic heterocycles. The number of hydrogen-bond acceptors (Lipinski definition) is 5. The molecule has 0 bridgehead atoms. The maximum atomic E-state index is 5.26. The van der Waals surface area contributed by atoms with Crippen LogP contribution in [0.25, 0.3) is 0 Å². The van der Waals surface area contributed by atoms with E-state index in [9.17, 15) is 0 Å². The van der Waals surface area contributed by atoms with Crippen molar-refractivity contribution in [3.63, 3.8) is 0 Å². The van der Waals surface area contributed by atoms with Crippen LogP contribution in [0.5, 0.6) is 0 Å². The van der Waals surface area contributed by atoms with Gasteiger partial charge in [0.05, 0.1) is 0 Å². The van der Waals surface area contributed by atoms with Crippen LogP contribution in [0.4, 0.5) is 0 Å². The Hall–Kier alpha value is -0.940. The van der Waals surface area contributed by atoms with Crippen molar-refractivity contribution >= 4 is 0 Å². The van der Waals surface area contributed by atoms with Gasteiger partial charge in [-0.25, -0.2) is 0 Å². The first-order valence-corrected chi connectivity index (χ1v) is 5.93. The highest BCUT2D eigenvalue weighted by Gasteiger charge is 2.20. The van der Waals surface area contributed by atoms with E-state index in [0.717, 1.165) is 50.6 Å². The summed E-state index contributed by atoms with van der Waals surface area (Å²) in [6, 6.07) is 0. The fourth-order valence-corrected chi connectivity index (χ4v) is 1.93. The van der Waals surface area contributed by atoms with Crippen molar-refractivity contribution < 1.29 is 4.52 Å². The average molecular weight is 224 g/mol. The van der Waals surface area contributed by atoms with Gasteiger partial charge in [-0.2, -0.15) is 4.98 Å². The molecule has 1 fully saturated rings. The first kappa shape index (κ1) is 11.5. The number of likely N-dealkylation sites (N-methyl/N-ethyl adjacent to an activating group) is 1. The summed E-state index contributed by atoms with van der Waals surface area (Å²) in [6.45, 7) is 3.08. The van der Waals surface area contributed by atoms with E-state index in [1.54, 1.807) is 0 Å². The van der Waals surface area contributed by atoms with E-state index in [0.29, 0.717) is 5.92 Å². The van der Waals surface area contributed by atoms with Gasteiger partial charge < -0.3 is 14.7 Å². The predicted octanol–water partition coefficient (Wildman–Crippen LogP) is 0.641. The molecule has 5 nitrogen and oxygen atoms in total. The molecule has 0 aliphatic carbocycles. The third-order valence-corrected chi connectivity index (χ3v) is 2.96. The normalized spacial score (nSPS) is 18.2. The highest BCUT2D eigenvalue weighted by Crippen LogP contribution is 2.22. The van der Waals surface area contributed by atoms with Crippen LogP contribution in [0, 0.1) is 0 Å². The minimum absolute atomic E-state index is 0.484. The summed E-state index contributed by atoms with van der Waals surface area (Å²) in [5.74, 6) is 2.15. The maximum absolute atomic E-state index is 5.26. The molecule has 0 unspecified atom stereocenters. The van der Waals surface area contributed by atoms with Crippen LogP contribution in [-0.2, 0) is 6.42 Å². The van der Waals surface area contributed by atoms with Crippen molar-refractivity contribution in [2.24, 2.45) is 0 Å². The topological polar surface area (TPSA) is 54.2 Å². The van der Waals surface area contributed by atoms with Crippen LogP contribution >= 0.6 is 0 Å². The number of nitrogens with zero attached hydrogens (tertiary/aromatic N) is 3. The summed E-state index contributed by atoms with van der Waals surface area (Å²) in [4.78, 5) is 6.59. The third-order valence-electron chi connectivity index (χ3n) is 2.96. The number of hydrogen-bond donors (Lipinski definition) is 1. The zero-order valence-corrected chi connectivity index (χ0v) is 10.1. The van der Waals surface area contributed by atoms with Gasteiger partial charge in [0.1, 0.15) is 0 Å². The fourth-order valence-electron chi connectivity index (χ4n) is 1.93. The van der Waals surface area contributed by atoms with Gasteiger partial charge in [-0.1, -0.05) is 5.16 Å². The Labute approximate surface area is 96.2 Å². The standard InChI is InChI=1S/C11H20N4O/c1-15(2)8-5-10-13-11(14-16-10)9-3-6-12-7-4-9/h9,12H,3-8H2,1-2H3. The van der Waals surface area contributed by atoms with Gasteiger partial charge in [0.15, 0.2) is 5.82 Å². The van der Waals surface area contributed by atoms with E-state index >= 15 is 0 Å². The molecule has 0 spiro atoms. The Kier molecular flexibility index (Phi) is 3.90. The van der Waals surface area contributed by atoms with Gasteiger partial charge in [-0.15, -0.1) is 0 Å².